The molecule has 0 fully saturated rings. The average molecular weight is 140 g/mol. The second-order valence-corrected chi connectivity index (χ2v) is 1.85. The Balaban J connectivity index is 3.21. The molecule has 1 aromatic heterocycles. The molecule has 0 bridgehead atoms. The molecule has 1 rings (SSSR count). The fraction of sp³-hybridized carbons (Fsp3) is 0.167. The molecule has 0 radical (unpaired) electrons. The molecule has 0 aliphatic rings. The molecule has 0 saturated carbocycles. The molecule has 0 atom stereocenters. The van der Waals surface area contributed by atoms with Crippen molar-refractivity contribution in [1.29, 1.82) is 0 Å². The van der Waals surface area contributed by atoms with Crippen molar-refractivity contribution in [3.8, 4) is 0 Å². The number of halogens is 1. The summed E-state index contributed by atoms with van der Waals surface area (Å²) in [5, 5.41) is 2.58. The van der Waals surface area contributed by atoms with Crippen LogP contribution in [0.4, 0.5) is 10.1 Å². The zero-order chi connectivity index (χ0) is 7.56. The van der Waals surface area contributed by atoms with E-state index in [9.17, 15) is 9.30 Å². The van der Waals surface area contributed by atoms with Crippen molar-refractivity contribution < 1.29 is 4.39 Å². The van der Waals surface area contributed by atoms with E-state index >= 15 is 0 Å². The Morgan fingerprint density at radius 3 is 2.90 bits per heavy atom. The molecule has 0 saturated heterocycles. The van der Waals surface area contributed by atoms with Gasteiger partial charge in [0.05, 0.1) is 11.9 Å². The standard InChI is InChI=1S/C6H5FN2O/c1-4-6(9-10)2-5(7)3-8-4/h2-3H,1H3. The highest BCUT2D eigenvalue weighted by Gasteiger charge is 1.99. The van der Waals surface area contributed by atoms with Gasteiger partial charge < -0.3 is 0 Å². The van der Waals surface area contributed by atoms with E-state index in [-0.39, 0.29) is 5.69 Å². The van der Waals surface area contributed by atoms with Gasteiger partial charge in [0.2, 0.25) is 0 Å². The minimum Gasteiger partial charge on any atom is -0.256 e. The lowest BCUT2D eigenvalue weighted by atomic mass is 10.3. The summed E-state index contributed by atoms with van der Waals surface area (Å²) < 4.78 is 12.3. The summed E-state index contributed by atoms with van der Waals surface area (Å²) in [5.74, 6) is -0.541. The summed E-state index contributed by atoms with van der Waals surface area (Å²) in [6, 6.07) is 1.05. The molecule has 0 spiro atoms. The van der Waals surface area contributed by atoms with Crippen LogP contribution in [-0.2, 0) is 0 Å². The van der Waals surface area contributed by atoms with Crippen molar-refractivity contribution in [3.63, 3.8) is 0 Å². The molecule has 0 aliphatic heterocycles. The Bertz CT molecular complexity index is 262. The van der Waals surface area contributed by atoms with Crippen molar-refractivity contribution >= 4 is 5.69 Å². The highest BCUT2D eigenvalue weighted by molar-refractivity contribution is 5.40. The van der Waals surface area contributed by atoms with Gasteiger partial charge in [-0.1, -0.05) is 0 Å². The zero-order valence-corrected chi connectivity index (χ0v) is 5.34. The van der Waals surface area contributed by atoms with E-state index in [0.29, 0.717) is 5.69 Å². The molecule has 10 heavy (non-hydrogen) atoms. The van der Waals surface area contributed by atoms with E-state index in [1.54, 1.807) is 6.92 Å². The molecule has 4 heteroatoms. The Morgan fingerprint density at radius 1 is 1.70 bits per heavy atom. The van der Waals surface area contributed by atoms with Gasteiger partial charge in [0.15, 0.2) is 0 Å². The van der Waals surface area contributed by atoms with Crippen molar-refractivity contribution in [2.24, 2.45) is 5.18 Å². The molecular weight excluding hydrogens is 135 g/mol. The largest absolute Gasteiger partial charge is 0.256 e. The SMILES string of the molecule is Cc1ncc(F)cc1N=O. The number of rotatable bonds is 1. The third kappa shape index (κ3) is 1.15. The Hall–Kier alpha value is -1.32. The van der Waals surface area contributed by atoms with Gasteiger partial charge in [-0.25, -0.2) is 4.39 Å². The van der Waals surface area contributed by atoms with Crippen LogP contribution in [0.25, 0.3) is 0 Å². The van der Waals surface area contributed by atoms with Crippen LogP contribution in [0.5, 0.6) is 0 Å². The Morgan fingerprint density at radius 2 is 2.40 bits per heavy atom. The van der Waals surface area contributed by atoms with Crippen LogP contribution >= 0.6 is 0 Å². The first-order valence-corrected chi connectivity index (χ1v) is 2.69. The molecule has 52 valence electrons. The van der Waals surface area contributed by atoms with Crippen molar-refractivity contribution in [1.82, 2.24) is 4.98 Å². The van der Waals surface area contributed by atoms with Gasteiger partial charge in [-0.05, 0) is 12.1 Å². The van der Waals surface area contributed by atoms with E-state index in [1.165, 1.54) is 0 Å². The van der Waals surface area contributed by atoms with E-state index in [4.69, 9.17) is 0 Å². The molecule has 1 aromatic rings. The first kappa shape index (κ1) is 6.80. The minimum absolute atomic E-state index is 0.0556. The zero-order valence-electron chi connectivity index (χ0n) is 5.34. The molecule has 0 unspecified atom stereocenters. The van der Waals surface area contributed by atoms with E-state index < -0.39 is 5.82 Å². The first-order valence-electron chi connectivity index (χ1n) is 2.69. The smallest absolute Gasteiger partial charge is 0.143 e. The third-order valence-corrected chi connectivity index (χ3v) is 1.13. The Kier molecular flexibility index (Phi) is 1.71. The average Bonchev–Trinajstić information content (AvgIpc) is 1.94. The maximum atomic E-state index is 12.3. The van der Waals surface area contributed by atoms with E-state index in [1.807, 2.05) is 0 Å². The highest BCUT2D eigenvalue weighted by atomic mass is 19.1. The monoisotopic (exact) mass is 140 g/mol. The predicted octanol–water partition coefficient (Wildman–Crippen LogP) is 1.93. The molecule has 0 N–H and O–H groups in total. The van der Waals surface area contributed by atoms with Crippen LogP contribution in [-0.4, -0.2) is 4.98 Å². The van der Waals surface area contributed by atoms with Gasteiger partial charge in [0, 0.05) is 6.07 Å². The summed E-state index contributed by atoms with van der Waals surface area (Å²) >= 11 is 0. The highest BCUT2D eigenvalue weighted by Crippen LogP contribution is 2.15. The molecule has 0 aliphatic carbocycles. The van der Waals surface area contributed by atoms with Crippen molar-refractivity contribution in [2.75, 3.05) is 0 Å². The second kappa shape index (κ2) is 2.51. The fourth-order valence-electron chi connectivity index (χ4n) is 0.589. The van der Waals surface area contributed by atoms with Gasteiger partial charge in [-0.3, -0.25) is 4.98 Å². The van der Waals surface area contributed by atoms with Crippen LogP contribution in [0.2, 0.25) is 0 Å². The summed E-state index contributed by atoms with van der Waals surface area (Å²) in [5.41, 5.74) is 0.497. The topological polar surface area (TPSA) is 42.3 Å². The number of hydrogen-bond acceptors (Lipinski definition) is 3. The normalized spacial score (nSPS) is 9.40. The molecule has 1 heterocycles. The maximum absolute atomic E-state index is 12.3. The third-order valence-electron chi connectivity index (χ3n) is 1.13. The Labute approximate surface area is 56.9 Å². The maximum Gasteiger partial charge on any atom is 0.143 e. The van der Waals surface area contributed by atoms with Gasteiger partial charge in [-0.15, -0.1) is 4.91 Å². The van der Waals surface area contributed by atoms with Crippen molar-refractivity contribution in [3.05, 3.63) is 28.7 Å². The molecule has 0 aromatic carbocycles. The summed E-state index contributed by atoms with van der Waals surface area (Å²) in [6.45, 7) is 1.59. The number of hydrogen-bond donors (Lipinski definition) is 0. The number of nitrogens with zero attached hydrogens (tertiary/aromatic N) is 2. The van der Waals surface area contributed by atoms with Crippen LogP contribution < -0.4 is 0 Å². The predicted molar refractivity (Wildman–Crippen MR) is 34.4 cm³/mol. The van der Waals surface area contributed by atoms with Crippen LogP contribution in [0.3, 0.4) is 0 Å². The first-order chi connectivity index (χ1) is 4.74. The van der Waals surface area contributed by atoms with Gasteiger partial charge >= 0.3 is 0 Å². The summed E-state index contributed by atoms with van der Waals surface area (Å²) in [7, 11) is 0. The molecular formula is C6H5FN2O. The van der Waals surface area contributed by atoms with E-state index in [0.717, 1.165) is 12.3 Å². The lowest BCUT2D eigenvalue weighted by molar-refractivity contribution is 0.620. The van der Waals surface area contributed by atoms with Gasteiger partial charge in [-0.2, -0.15) is 0 Å². The minimum atomic E-state index is -0.541. The number of aromatic nitrogens is 1. The van der Waals surface area contributed by atoms with Gasteiger partial charge in [0.1, 0.15) is 11.5 Å². The lowest BCUT2D eigenvalue weighted by Gasteiger charge is -1.92. The molecule has 0 amide bonds. The number of aryl methyl sites for hydroxylation is 1. The number of nitroso groups, excluding NO2 is 1. The van der Waals surface area contributed by atoms with E-state index in [2.05, 4.69) is 10.2 Å². The van der Waals surface area contributed by atoms with Crippen LogP contribution in [0.15, 0.2) is 17.4 Å². The summed E-state index contributed by atoms with van der Waals surface area (Å²) in [6.07, 6.45) is 1.05. The summed E-state index contributed by atoms with van der Waals surface area (Å²) in [4.78, 5) is 13.5. The fourth-order valence-corrected chi connectivity index (χ4v) is 0.589. The quantitative estimate of drug-likeness (QED) is 0.559. The van der Waals surface area contributed by atoms with Crippen LogP contribution in [0.1, 0.15) is 5.69 Å². The van der Waals surface area contributed by atoms with Gasteiger partial charge in [0.25, 0.3) is 0 Å². The van der Waals surface area contributed by atoms with Crippen molar-refractivity contribution in [2.45, 2.75) is 6.92 Å². The number of pyridine rings is 1. The van der Waals surface area contributed by atoms with Crippen LogP contribution in [0, 0.1) is 17.6 Å². The second-order valence-electron chi connectivity index (χ2n) is 1.85. The molecule has 3 nitrogen and oxygen atoms in total. The lowest BCUT2D eigenvalue weighted by Crippen LogP contribution is -1.82.